The molecule has 2 heterocycles. The molecule has 1 aromatic carbocycles. The number of aromatic nitrogens is 2. The zero-order chi connectivity index (χ0) is 28.3. The van der Waals surface area contributed by atoms with Crippen LogP contribution in [0.2, 0.25) is 5.02 Å². The van der Waals surface area contributed by atoms with E-state index in [1.54, 1.807) is 17.0 Å². The first-order chi connectivity index (χ1) is 18.4. The normalized spacial score (nSPS) is 19.8. The van der Waals surface area contributed by atoms with Crippen molar-refractivity contribution in [3.63, 3.8) is 0 Å². The standard InChI is InChI=1S/C26H33ClF3N7O2.CH4/c1-15(2)32-23(38)18-5-4-6-21(18)34-22-19(26(28,29)30)14-31-25(35-22)33-16-7-8-17(20(27)13-16)24(39)37-11-9-36(3)10-12-37;/h7-8,13-15,18,21H,4-6,9-12H2,1-3H3,(H,32,38)(H2,31,33,34,35);1H4/t18-,21+;/m0./s1. The van der Waals surface area contributed by atoms with E-state index in [0.29, 0.717) is 49.8 Å². The lowest BCUT2D eigenvalue weighted by molar-refractivity contribution is -0.137. The minimum Gasteiger partial charge on any atom is -0.366 e. The number of likely N-dealkylation sites (N-methyl/N-ethyl adjacent to an activating group) is 1. The third-order valence-electron chi connectivity index (χ3n) is 6.95. The molecule has 220 valence electrons. The van der Waals surface area contributed by atoms with Gasteiger partial charge in [-0.3, -0.25) is 9.59 Å². The molecule has 0 bridgehead atoms. The molecule has 2 aliphatic rings. The fourth-order valence-electron chi connectivity index (χ4n) is 4.85. The van der Waals surface area contributed by atoms with E-state index in [1.807, 2.05) is 20.9 Å². The number of rotatable bonds is 7. The van der Waals surface area contributed by atoms with Gasteiger partial charge in [-0.1, -0.05) is 25.4 Å². The van der Waals surface area contributed by atoms with Crippen LogP contribution in [-0.4, -0.2) is 76.9 Å². The van der Waals surface area contributed by atoms with Gasteiger partial charge in [0, 0.05) is 50.1 Å². The predicted octanol–water partition coefficient (Wildman–Crippen LogP) is 5.02. The minimum atomic E-state index is -4.69. The van der Waals surface area contributed by atoms with Crippen molar-refractivity contribution in [2.24, 2.45) is 5.92 Å². The maximum Gasteiger partial charge on any atom is 0.421 e. The van der Waals surface area contributed by atoms with E-state index in [-0.39, 0.29) is 36.3 Å². The van der Waals surface area contributed by atoms with Gasteiger partial charge in [0.15, 0.2) is 0 Å². The highest BCUT2D eigenvalue weighted by Gasteiger charge is 2.39. The average molecular weight is 584 g/mol. The lowest BCUT2D eigenvalue weighted by atomic mass is 10.0. The second-order valence-electron chi connectivity index (χ2n) is 10.3. The Morgan fingerprint density at radius 2 is 1.82 bits per heavy atom. The van der Waals surface area contributed by atoms with Crippen molar-refractivity contribution < 1.29 is 22.8 Å². The van der Waals surface area contributed by atoms with Crippen molar-refractivity contribution in [3.05, 3.63) is 40.5 Å². The summed E-state index contributed by atoms with van der Waals surface area (Å²) in [5, 5.41) is 8.79. The third-order valence-corrected chi connectivity index (χ3v) is 7.26. The number of alkyl halides is 3. The summed E-state index contributed by atoms with van der Waals surface area (Å²) in [6.45, 7) is 6.41. The molecule has 1 aliphatic carbocycles. The van der Waals surface area contributed by atoms with Gasteiger partial charge in [0.1, 0.15) is 11.4 Å². The summed E-state index contributed by atoms with van der Waals surface area (Å²) >= 11 is 6.41. The van der Waals surface area contributed by atoms with E-state index in [2.05, 4.69) is 30.8 Å². The molecule has 2 atom stereocenters. The van der Waals surface area contributed by atoms with Gasteiger partial charge in [0.05, 0.1) is 16.5 Å². The highest BCUT2D eigenvalue weighted by molar-refractivity contribution is 6.34. The Morgan fingerprint density at radius 1 is 1.12 bits per heavy atom. The molecule has 2 fully saturated rings. The summed E-state index contributed by atoms with van der Waals surface area (Å²) in [5.41, 5.74) is -0.265. The number of amides is 2. The van der Waals surface area contributed by atoms with Gasteiger partial charge in [0.25, 0.3) is 5.91 Å². The van der Waals surface area contributed by atoms with E-state index >= 15 is 0 Å². The molecule has 2 aromatic rings. The molecular formula is C27H37ClF3N7O2. The van der Waals surface area contributed by atoms with Gasteiger partial charge in [-0.15, -0.1) is 0 Å². The number of benzene rings is 1. The molecule has 1 aliphatic heterocycles. The number of carbonyl (C=O) groups is 2. The fourth-order valence-corrected chi connectivity index (χ4v) is 5.11. The van der Waals surface area contributed by atoms with Crippen LogP contribution in [-0.2, 0) is 11.0 Å². The van der Waals surface area contributed by atoms with Crippen LogP contribution in [0, 0.1) is 5.92 Å². The Kier molecular flexibility index (Phi) is 10.2. The quantitative estimate of drug-likeness (QED) is 0.420. The molecule has 13 heteroatoms. The Bertz CT molecular complexity index is 1200. The van der Waals surface area contributed by atoms with E-state index in [0.717, 1.165) is 13.1 Å². The summed E-state index contributed by atoms with van der Waals surface area (Å²) in [5.74, 6) is -1.32. The number of anilines is 3. The Morgan fingerprint density at radius 3 is 2.45 bits per heavy atom. The number of piperazine rings is 1. The number of hydrogen-bond acceptors (Lipinski definition) is 7. The maximum absolute atomic E-state index is 13.8. The first kappa shape index (κ1) is 31.4. The van der Waals surface area contributed by atoms with E-state index < -0.39 is 29.5 Å². The van der Waals surface area contributed by atoms with Crippen molar-refractivity contribution in [2.75, 3.05) is 43.9 Å². The van der Waals surface area contributed by atoms with Gasteiger partial charge < -0.3 is 25.8 Å². The van der Waals surface area contributed by atoms with Crippen molar-refractivity contribution in [1.82, 2.24) is 25.1 Å². The Hall–Kier alpha value is -3.12. The molecule has 9 nitrogen and oxygen atoms in total. The second-order valence-corrected chi connectivity index (χ2v) is 10.7. The first-order valence-corrected chi connectivity index (χ1v) is 13.4. The van der Waals surface area contributed by atoms with Crippen LogP contribution in [0.4, 0.5) is 30.6 Å². The van der Waals surface area contributed by atoms with Crippen LogP contribution in [0.5, 0.6) is 0 Å². The van der Waals surface area contributed by atoms with Crippen molar-refractivity contribution in [3.8, 4) is 0 Å². The third kappa shape index (κ3) is 7.54. The summed E-state index contributed by atoms with van der Waals surface area (Å²) in [4.78, 5) is 37.4. The fraction of sp³-hybridized carbons (Fsp3) is 0.556. The largest absolute Gasteiger partial charge is 0.421 e. The Balaban J connectivity index is 0.00000441. The molecule has 1 aromatic heterocycles. The molecule has 1 saturated carbocycles. The Labute approximate surface area is 237 Å². The number of halogens is 4. The van der Waals surface area contributed by atoms with Crippen LogP contribution < -0.4 is 16.0 Å². The van der Waals surface area contributed by atoms with Crippen LogP contribution >= 0.6 is 11.6 Å². The zero-order valence-electron chi connectivity index (χ0n) is 22.1. The van der Waals surface area contributed by atoms with Gasteiger partial charge in [-0.05, 0) is 51.9 Å². The monoisotopic (exact) mass is 583 g/mol. The number of nitrogens with one attached hydrogen (secondary N) is 3. The molecule has 0 radical (unpaired) electrons. The summed E-state index contributed by atoms with van der Waals surface area (Å²) in [6.07, 6.45) is -2.15. The minimum absolute atomic E-state index is 0. The lowest BCUT2D eigenvalue weighted by Gasteiger charge is -2.32. The van der Waals surface area contributed by atoms with Gasteiger partial charge in [-0.25, -0.2) is 4.98 Å². The number of hydrogen-bond donors (Lipinski definition) is 3. The number of carbonyl (C=O) groups excluding carboxylic acids is 2. The average Bonchev–Trinajstić information content (AvgIpc) is 3.31. The summed E-state index contributed by atoms with van der Waals surface area (Å²) in [7, 11) is 2.00. The highest BCUT2D eigenvalue weighted by Crippen LogP contribution is 2.37. The molecule has 40 heavy (non-hydrogen) atoms. The van der Waals surface area contributed by atoms with Crippen LogP contribution in [0.1, 0.15) is 56.5 Å². The van der Waals surface area contributed by atoms with E-state index in [4.69, 9.17) is 11.6 Å². The smallest absolute Gasteiger partial charge is 0.366 e. The van der Waals surface area contributed by atoms with Crippen LogP contribution in [0.3, 0.4) is 0 Å². The van der Waals surface area contributed by atoms with E-state index in [1.165, 1.54) is 6.07 Å². The molecular weight excluding hydrogens is 547 g/mol. The summed E-state index contributed by atoms with van der Waals surface area (Å²) in [6, 6.07) is 4.12. The van der Waals surface area contributed by atoms with Crippen molar-refractivity contribution >= 4 is 40.9 Å². The molecule has 4 rings (SSSR count). The molecule has 2 amide bonds. The highest BCUT2D eigenvalue weighted by atomic mass is 35.5. The first-order valence-electron chi connectivity index (χ1n) is 13.0. The lowest BCUT2D eigenvalue weighted by Crippen LogP contribution is -2.47. The second kappa shape index (κ2) is 13.0. The van der Waals surface area contributed by atoms with Crippen LogP contribution in [0.15, 0.2) is 24.4 Å². The zero-order valence-corrected chi connectivity index (χ0v) is 22.9. The SMILES string of the molecule is C.CC(C)NC(=O)[C@H]1CCC[C@H]1Nc1nc(Nc2ccc(C(=O)N3CCN(C)CC3)c(Cl)c2)ncc1C(F)(F)F. The maximum atomic E-state index is 13.8. The van der Waals surface area contributed by atoms with Crippen molar-refractivity contribution in [2.45, 2.75) is 58.8 Å². The van der Waals surface area contributed by atoms with Crippen LogP contribution in [0.25, 0.3) is 0 Å². The molecule has 0 unspecified atom stereocenters. The summed E-state index contributed by atoms with van der Waals surface area (Å²) < 4.78 is 41.3. The van der Waals surface area contributed by atoms with Crippen molar-refractivity contribution in [1.29, 1.82) is 0 Å². The topological polar surface area (TPSA) is 102 Å². The molecule has 3 N–H and O–H groups in total. The number of nitrogens with zero attached hydrogens (tertiary/aromatic N) is 4. The van der Waals surface area contributed by atoms with E-state index in [9.17, 15) is 22.8 Å². The van der Waals surface area contributed by atoms with Gasteiger partial charge in [0.2, 0.25) is 11.9 Å². The van der Waals surface area contributed by atoms with Gasteiger partial charge >= 0.3 is 6.18 Å². The van der Waals surface area contributed by atoms with Gasteiger partial charge in [-0.2, -0.15) is 18.2 Å². The predicted molar refractivity (Wildman–Crippen MR) is 150 cm³/mol. The molecule has 0 spiro atoms. The molecule has 1 saturated heterocycles.